The molecule has 108 valence electrons. The van der Waals surface area contributed by atoms with E-state index in [4.69, 9.17) is 14.0 Å². The van der Waals surface area contributed by atoms with E-state index in [1.165, 1.54) is 0 Å². The number of rotatable bonds is 8. The van der Waals surface area contributed by atoms with Crippen molar-refractivity contribution in [2.24, 2.45) is 0 Å². The second-order valence-corrected chi connectivity index (χ2v) is 5.57. The molecule has 6 nitrogen and oxygen atoms in total. The average Bonchev–Trinajstić information content (AvgIpc) is 2.37. The third kappa shape index (κ3) is 5.91. The molecular formula is C12H19NO5S. The second-order valence-electron chi connectivity index (χ2n) is 3.99. The average molecular weight is 289 g/mol. The van der Waals surface area contributed by atoms with Crippen LogP contribution in [0.1, 0.15) is 12.0 Å². The van der Waals surface area contributed by atoms with E-state index in [1.807, 2.05) is 12.1 Å². The number of hydrogen-bond acceptors (Lipinski definition) is 5. The molecule has 0 fully saturated rings. The first-order chi connectivity index (χ1) is 8.96. The van der Waals surface area contributed by atoms with Crippen LogP contribution in [-0.4, -0.2) is 39.5 Å². The molecular weight excluding hydrogens is 270 g/mol. The van der Waals surface area contributed by atoms with Gasteiger partial charge in [-0.05, 0) is 19.0 Å². The SMILES string of the molecule is COc1ccc(CNCCCS(=O)(=O)O)c(OC)c1. The maximum Gasteiger partial charge on any atom is 0.264 e. The van der Waals surface area contributed by atoms with Crippen LogP contribution in [0.2, 0.25) is 0 Å². The fraction of sp³-hybridized carbons (Fsp3) is 0.500. The Morgan fingerprint density at radius 1 is 1.26 bits per heavy atom. The van der Waals surface area contributed by atoms with Crippen molar-refractivity contribution in [3.05, 3.63) is 23.8 Å². The number of methoxy groups -OCH3 is 2. The number of benzene rings is 1. The van der Waals surface area contributed by atoms with Gasteiger partial charge in [0.1, 0.15) is 11.5 Å². The Labute approximate surface area is 113 Å². The lowest BCUT2D eigenvalue weighted by atomic mass is 10.2. The lowest BCUT2D eigenvalue weighted by Gasteiger charge is -2.11. The molecule has 0 amide bonds. The molecule has 0 aliphatic rings. The highest BCUT2D eigenvalue weighted by Gasteiger charge is 2.06. The molecule has 0 atom stereocenters. The van der Waals surface area contributed by atoms with Gasteiger partial charge in [0, 0.05) is 18.2 Å². The Morgan fingerprint density at radius 3 is 2.58 bits per heavy atom. The normalized spacial score (nSPS) is 11.3. The zero-order valence-corrected chi connectivity index (χ0v) is 11.9. The van der Waals surface area contributed by atoms with Crippen molar-refractivity contribution in [2.75, 3.05) is 26.5 Å². The summed E-state index contributed by atoms with van der Waals surface area (Å²) >= 11 is 0. The van der Waals surface area contributed by atoms with E-state index < -0.39 is 10.1 Å². The monoisotopic (exact) mass is 289 g/mol. The van der Waals surface area contributed by atoms with Gasteiger partial charge < -0.3 is 14.8 Å². The summed E-state index contributed by atoms with van der Waals surface area (Å²) < 4.78 is 40.0. The molecule has 1 rings (SSSR count). The third-order valence-corrected chi connectivity index (χ3v) is 3.37. The van der Waals surface area contributed by atoms with Crippen LogP contribution in [-0.2, 0) is 16.7 Å². The minimum absolute atomic E-state index is 0.236. The van der Waals surface area contributed by atoms with E-state index in [1.54, 1.807) is 20.3 Å². The van der Waals surface area contributed by atoms with Gasteiger partial charge in [0.25, 0.3) is 10.1 Å². The molecule has 0 saturated carbocycles. The zero-order valence-electron chi connectivity index (χ0n) is 11.0. The second kappa shape index (κ2) is 7.32. The summed E-state index contributed by atoms with van der Waals surface area (Å²) in [6.45, 7) is 1.05. The van der Waals surface area contributed by atoms with E-state index in [9.17, 15) is 8.42 Å². The Morgan fingerprint density at radius 2 is 2.00 bits per heavy atom. The van der Waals surface area contributed by atoms with Crippen LogP contribution >= 0.6 is 0 Å². The summed E-state index contributed by atoms with van der Waals surface area (Å²) in [5.74, 6) is 1.19. The molecule has 2 N–H and O–H groups in total. The smallest absolute Gasteiger partial charge is 0.264 e. The van der Waals surface area contributed by atoms with Crippen LogP contribution in [0.15, 0.2) is 18.2 Å². The van der Waals surface area contributed by atoms with E-state index in [2.05, 4.69) is 5.32 Å². The van der Waals surface area contributed by atoms with Crippen molar-refractivity contribution >= 4 is 10.1 Å². The topological polar surface area (TPSA) is 84.9 Å². The van der Waals surface area contributed by atoms with Crippen LogP contribution in [0.5, 0.6) is 11.5 Å². The molecule has 0 aromatic heterocycles. The molecule has 0 aliphatic heterocycles. The van der Waals surface area contributed by atoms with Gasteiger partial charge in [-0.15, -0.1) is 0 Å². The molecule has 0 aliphatic carbocycles. The van der Waals surface area contributed by atoms with Gasteiger partial charge >= 0.3 is 0 Å². The lowest BCUT2D eigenvalue weighted by Crippen LogP contribution is -2.18. The van der Waals surface area contributed by atoms with Crippen LogP contribution in [0.25, 0.3) is 0 Å². The molecule has 0 radical (unpaired) electrons. The van der Waals surface area contributed by atoms with Gasteiger partial charge in [0.15, 0.2) is 0 Å². The Kier molecular flexibility index (Phi) is 6.07. The van der Waals surface area contributed by atoms with Gasteiger partial charge in [0.05, 0.1) is 20.0 Å². The Balaban J connectivity index is 2.45. The van der Waals surface area contributed by atoms with Crippen LogP contribution in [0.4, 0.5) is 0 Å². The molecule has 7 heteroatoms. The van der Waals surface area contributed by atoms with E-state index in [0.717, 1.165) is 5.56 Å². The molecule has 0 unspecified atom stereocenters. The molecule has 0 spiro atoms. The molecule has 0 heterocycles. The maximum atomic E-state index is 10.5. The fourth-order valence-electron chi connectivity index (χ4n) is 1.60. The quantitative estimate of drug-likeness (QED) is 0.550. The van der Waals surface area contributed by atoms with Crippen molar-refractivity contribution in [2.45, 2.75) is 13.0 Å². The summed E-state index contributed by atoms with van der Waals surface area (Å²) in [6.07, 6.45) is 0.358. The molecule has 0 bridgehead atoms. The maximum absolute atomic E-state index is 10.5. The van der Waals surface area contributed by atoms with Crippen molar-refractivity contribution in [1.29, 1.82) is 0 Å². The number of hydrogen-bond donors (Lipinski definition) is 2. The highest BCUT2D eigenvalue weighted by Crippen LogP contribution is 2.24. The summed E-state index contributed by atoms with van der Waals surface area (Å²) in [6, 6.07) is 5.50. The van der Waals surface area contributed by atoms with E-state index in [-0.39, 0.29) is 5.75 Å². The van der Waals surface area contributed by atoms with Gasteiger partial charge in [-0.3, -0.25) is 4.55 Å². The van der Waals surface area contributed by atoms with Gasteiger partial charge in [0.2, 0.25) is 0 Å². The Bertz CT molecular complexity index is 501. The van der Waals surface area contributed by atoms with Crippen molar-refractivity contribution < 1.29 is 22.4 Å². The van der Waals surface area contributed by atoms with Gasteiger partial charge in [-0.2, -0.15) is 8.42 Å². The zero-order chi connectivity index (χ0) is 14.3. The molecule has 19 heavy (non-hydrogen) atoms. The van der Waals surface area contributed by atoms with E-state index >= 15 is 0 Å². The van der Waals surface area contributed by atoms with E-state index in [0.29, 0.717) is 31.0 Å². The third-order valence-electron chi connectivity index (χ3n) is 2.57. The first-order valence-electron chi connectivity index (χ1n) is 5.83. The standard InChI is InChI=1S/C12H19NO5S/c1-17-11-5-4-10(12(8-11)18-2)9-13-6-3-7-19(14,15)16/h4-5,8,13H,3,6-7,9H2,1-2H3,(H,14,15,16). The van der Waals surface area contributed by atoms with Crippen molar-refractivity contribution in [1.82, 2.24) is 5.32 Å². The minimum Gasteiger partial charge on any atom is -0.497 e. The first-order valence-corrected chi connectivity index (χ1v) is 7.44. The number of ether oxygens (including phenoxy) is 2. The van der Waals surface area contributed by atoms with Crippen molar-refractivity contribution in [3.63, 3.8) is 0 Å². The predicted octanol–water partition coefficient (Wildman–Crippen LogP) is 1.07. The molecule has 1 aromatic carbocycles. The summed E-state index contributed by atoms with van der Waals surface area (Å²) in [5.41, 5.74) is 0.954. The lowest BCUT2D eigenvalue weighted by molar-refractivity contribution is 0.390. The highest BCUT2D eigenvalue weighted by molar-refractivity contribution is 7.85. The molecule has 0 saturated heterocycles. The minimum atomic E-state index is -3.87. The van der Waals surface area contributed by atoms with Gasteiger partial charge in [-0.25, -0.2) is 0 Å². The summed E-state index contributed by atoms with van der Waals surface area (Å²) in [7, 11) is -0.707. The highest BCUT2D eigenvalue weighted by atomic mass is 32.2. The van der Waals surface area contributed by atoms with Crippen LogP contribution in [0, 0.1) is 0 Å². The first kappa shape index (κ1) is 15.7. The summed E-state index contributed by atoms with van der Waals surface area (Å²) in [5, 5.41) is 3.09. The summed E-state index contributed by atoms with van der Waals surface area (Å²) in [4.78, 5) is 0. The van der Waals surface area contributed by atoms with Crippen LogP contribution < -0.4 is 14.8 Å². The number of nitrogens with one attached hydrogen (secondary N) is 1. The van der Waals surface area contributed by atoms with Crippen LogP contribution in [0.3, 0.4) is 0 Å². The Hall–Kier alpha value is -1.31. The predicted molar refractivity (Wildman–Crippen MR) is 72.3 cm³/mol. The largest absolute Gasteiger partial charge is 0.497 e. The van der Waals surface area contributed by atoms with Gasteiger partial charge in [-0.1, -0.05) is 6.07 Å². The van der Waals surface area contributed by atoms with Crippen molar-refractivity contribution in [3.8, 4) is 11.5 Å². The fourth-order valence-corrected chi connectivity index (χ4v) is 2.11. The molecule has 1 aromatic rings.